The van der Waals surface area contributed by atoms with E-state index < -0.39 is 8.25 Å². The lowest BCUT2D eigenvalue weighted by molar-refractivity contribution is 0.349. The third-order valence-corrected chi connectivity index (χ3v) is 3.57. The molecule has 2 rings (SSSR count). The molecule has 0 aliphatic heterocycles. The Morgan fingerprint density at radius 3 is 2.37 bits per heavy atom. The topological polar surface area (TPSA) is 35.5 Å². The Kier molecular flexibility index (Phi) is 4.67. The zero-order valence-corrected chi connectivity index (χ0v) is 11.9. The van der Waals surface area contributed by atoms with Crippen LogP contribution >= 0.6 is 8.25 Å². The minimum absolute atomic E-state index is 0.552. The van der Waals surface area contributed by atoms with Crippen molar-refractivity contribution in [2.45, 2.75) is 13.3 Å². The number of hydrogen-bond acceptors (Lipinski definition) is 3. The first-order valence-electron chi connectivity index (χ1n) is 6.02. The fourth-order valence-corrected chi connectivity index (χ4v) is 2.19. The van der Waals surface area contributed by atoms with Gasteiger partial charge in [0.05, 0.1) is 7.11 Å². The summed E-state index contributed by atoms with van der Waals surface area (Å²) in [6, 6.07) is 15.9. The van der Waals surface area contributed by atoms with Crippen molar-refractivity contribution in [3.8, 4) is 5.75 Å². The van der Waals surface area contributed by atoms with Crippen LogP contribution in [0.2, 0.25) is 0 Å². The molecule has 0 saturated heterocycles. The predicted molar refractivity (Wildman–Crippen MR) is 75.7 cm³/mol. The van der Waals surface area contributed by atoms with Gasteiger partial charge in [-0.3, -0.25) is 0 Å². The third kappa shape index (κ3) is 3.88. The second-order valence-corrected chi connectivity index (χ2v) is 5.24. The molecule has 3 nitrogen and oxygen atoms in total. The molecule has 2 aromatic carbocycles. The van der Waals surface area contributed by atoms with Crippen molar-refractivity contribution < 1.29 is 13.6 Å². The summed E-state index contributed by atoms with van der Waals surface area (Å²) in [7, 11) is -0.715. The maximum absolute atomic E-state index is 11.1. The van der Waals surface area contributed by atoms with Gasteiger partial charge < -0.3 is 0 Å². The molecule has 0 spiro atoms. The molecule has 0 radical (unpaired) electrons. The maximum Gasteiger partial charge on any atom is 0.749 e. The van der Waals surface area contributed by atoms with E-state index in [0.717, 1.165) is 6.42 Å². The first-order chi connectivity index (χ1) is 9.19. The molecule has 0 bridgehead atoms. The van der Waals surface area contributed by atoms with E-state index in [1.807, 2.05) is 24.3 Å². The van der Waals surface area contributed by atoms with Gasteiger partial charge in [0.25, 0.3) is 0 Å². The van der Waals surface area contributed by atoms with Gasteiger partial charge in [0.2, 0.25) is 0 Å². The Morgan fingerprint density at radius 1 is 1.05 bits per heavy atom. The first kappa shape index (κ1) is 13.7. The van der Waals surface area contributed by atoms with E-state index >= 15 is 0 Å². The van der Waals surface area contributed by atoms with Crippen molar-refractivity contribution in [3.05, 3.63) is 65.2 Å². The standard InChI is InChI=1S/C15H16O3P/c1-12-5-3-4-6-14(12)11-13-7-9-15(10-8-13)18-19(16)17-2/h3-10H,11H2,1-2H3/q+1. The molecule has 1 unspecified atom stereocenters. The van der Waals surface area contributed by atoms with E-state index in [2.05, 4.69) is 23.6 Å². The fraction of sp³-hybridized carbons (Fsp3) is 0.200. The van der Waals surface area contributed by atoms with E-state index in [0.29, 0.717) is 5.75 Å². The predicted octanol–water partition coefficient (Wildman–Crippen LogP) is 4.27. The van der Waals surface area contributed by atoms with Crippen LogP contribution in [0.1, 0.15) is 16.7 Å². The molecule has 98 valence electrons. The summed E-state index contributed by atoms with van der Waals surface area (Å²) in [5, 5.41) is 0. The highest BCUT2D eigenvalue weighted by molar-refractivity contribution is 7.33. The molecule has 19 heavy (non-hydrogen) atoms. The number of aryl methyl sites for hydroxylation is 1. The van der Waals surface area contributed by atoms with Gasteiger partial charge in [-0.1, -0.05) is 36.4 Å². The monoisotopic (exact) mass is 275 g/mol. The van der Waals surface area contributed by atoms with Gasteiger partial charge in [0, 0.05) is 4.57 Å². The van der Waals surface area contributed by atoms with Gasteiger partial charge in [0.15, 0.2) is 5.75 Å². The van der Waals surface area contributed by atoms with Crippen LogP contribution in [0.3, 0.4) is 0 Å². The van der Waals surface area contributed by atoms with E-state index in [-0.39, 0.29) is 0 Å². The molecule has 0 heterocycles. The van der Waals surface area contributed by atoms with Crippen molar-refractivity contribution in [3.63, 3.8) is 0 Å². The second kappa shape index (κ2) is 6.46. The zero-order valence-electron chi connectivity index (χ0n) is 11.0. The molecule has 0 aliphatic carbocycles. The Hall–Kier alpha value is -1.70. The number of benzene rings is 2. The lowest BCUT2D eigenvalue weighted by Gasteiger charge is -2.05. The Bertz CT molecular complexity index is 564. The molecular formula is C15H16O3P+. The van der Waals surface area contributed by atoms with E-state index in [1.54, 1.807) is 12.1 Å². The van der Waals surface area contributed by atoms with Crippen LogP contribution < -0.4 is 4.52 Å². The Morgan fingerprint density at radius 2 is 1.74 bits per heavy atom. The van der Waals surface area contributed by atoms with Crippen molar-refractivity contribution in [2.24, 2.45) is 0 Å². The summed E-state index contributed by atoms with van der Waals surface area (Å²) in [5.41, 5.74) is 3.78. The van der Waals surface area contributed by atoms with Crippen LogP contribution in [0.25, 0.3) is 0 Å². The molecule has 1 atom stereocenters. The normalized spacial score (nSPS) is 11.2. The molecule has 0 aromatic heterocycles. The Labute approximate surface area is 114 Å². The van der Waals surface area contributed by atoms with E-state index in [4.69, 9.17) is 4.52 Å². The Balaban J connectivity index is 2.07. The summed E-state index contributed by atoms with van der Waals surface area (Å²) in [4.78, 5) is 0. The van der Waals surface area contributed by atoms with Gasteiger partial charge in [-0.25, -0.2) is 4.52 Å². The minimum Gasteiger partial charge on any atom is -0.229 e. The zero-order chi connectivity index (χ0) is 13.7. The van der Waals surface area contributed by atoms with E-state index in [1.165, 1.54) is 23.8 Å². The lowest BCUT2D eigenvalue weighted by Crippen LogP contribution is -1.91. The van der Waals surface area contributed by atoms with Crippen LogP contribution in [-0.2, 0) is 15.5 Å². The van der Waals surface area contributed by atoms with Crippen LogP contribution in [0.15, 0.2) is 48.5 Å². The highest BCUT2D eigenvalue weighted by Gasteiger charge is 2.18. The molecule has 0 saturated carbocycles. The highest BCUT2D eigenvalue weighted by Crippen LogP contribution is 2.27. The fourth-order valence-electron chi connectivity index (χ4n) is 1.82. The smallest absolute Gasteiger partial charge is 0.229 e. The van der Waals surface area contributed by atoms with Gasteiger partial charge in [-0.2, -0.15) is 0 Å². The second-order valence-electron chi connectivity index (χ2n) is 4.24. The van der Waals surface area contributed by atoms with Crippen molar-refractivity contribution in [1.82, 2.24) is 0 Å². The van der Waals surface area contributed by atoms with Crippen molar-refractivity contribution in [2.75, 3.05) is 7.11 Å². The molecule has 4 heteroatoms. The van der Waals surface area contributed by atoms with Crippen LogP contribution in [-0.4, -0.2) is 7.11 Å². The SMILES string of the molecule is CO[P+](=O)Oc1ccc(Cc2ccccc2C)cc1. The quantitative estimate of drug-likeness (QED) is 0.764. The van der Waals surface area contributed by atoms with Gasteiger partial charge in [0.1, 0.15) is 0 Å². The third-order valence-electron chi connectivity index (χ3n) is 2.91. The average molecular weight is 275 g/mol. The molecule has 0 fully saturated rings. The summed E-state index contributed by atoms with van der Waals surface area (Å²) >= 11 is 0. The summed E-state index contributed by atoms with van der Waals surface area (Å²) in [5.74, 6) is 0.552. The molecule has 2 aromatic rings. The largest absolute Gasteiger partial charge is 0.749 e. The molecule has 0 aliphatic rings. The van der Waals surface area contributed by atoms with Gasteiger partial charge in [-0.15, -0.1) is 4.52 Å². The molecule has 0 amide bonds. The maximum atomic E-state index is 11.1. The molecular weight excluding hydrogens is 259 g/mol. The summed E-state index contributed by atoms with van der Waals surface area (Å²) in [6.07, 6.45) is 0.878. The number of hydrogen-bond donors (Lipinski definition) is 0. The number of rotatable bonds is 5. The van der Waals surface area contributed by atoms with Gasteiger partial charge in [-0.05, 0) is 42.2 Å². The van der Waals surface area contributed by atoms with Gasteiger partial charge >= 0.3 is 8.25 Å². The van der Waals surface area contributed by atoms with Crippen molar-refractivity contribution >= 4 is 8.25 Å². The van der Waals surface area contributed by atoms with Crippen LogP contribution in [0.4, 0.5) is 0 Å². The molecule has 0 N–H and O–H groups in total. The van der Waals surface area contributed by atoms with Crippen LogP contribution in [0, 0.1) is 6.92 Å². The summed E-state index contributed by atoms with van der Waals surface area (Å²) in [6.45, 7) is 2.11. The lowest BCUT2D eigenvalue weighted by atomic mass is 10.0. The highest BCUT2D eigenvalue weighted by atomic mass is 31.1. The van der Waals surface area contributed by atoms with E-state index in [9.17, 15) is 4.57 Å². The first-order valence-corrected chi connectivity index (χ1v) is 7.11. The van der Waals surface area contributed by atoms with Crippen molar-refractivity contribution in [1.29, 1.82) is 0 Å². The minimum atomic E-state index is -2.07. The average Bonchev–Trinajstić information content (AvgIpc) is 2.43. The van der Waals surface area contributed by atoms with Crippen LogP contribution in [0.5, 0.6) is 5.75 Å². The summed E-state index contributed by atoms with van der Waals surface area (Å²) < 4.78 is 20.8.